The molecule has 2 rings (SSSR count). The molecule has 0 aliphatic heterocycles. The van der Waals surface area contributed by atoms with Crippen molar-refractivity contribution in [1.82, 2.24) is 20.3 Å². The third kappa shape index (κ3) is 4.28. The second-order valence-corrected chi connectivity index (χ2v) is 4.43. The van der Waals surface area contributed by atoms with Gasteiger partial charge in [0.2, 0.25) is 5.91 Å². The van der Waals surface area contributed by atoms with Gasteiger partial charge in [-0.3, -0.25) is 4.79 Å². The molecular formula is C14H19N5O2. The smallest absolute Gasteiger partial charge is 0.234 e. The molecule has 0 unspecified atom stereocenters. The number of carbonyl (C=O) groups is 1. The molecule has 0 bridgehead atoms. The first-order chi connectivity index (χ1) is 10.2. The number of benzene rings is 1. The van der Waals surface area contributed by atoms with Crippen LogP contribution in [0.4, 0.5) is 0 Å². The molecule has 2 aromatic rings. The van der Waals surface area contributed by atoms with Gasteiger partial charge in [0.25, 0.3) is 0 Å². The maximum Gasteiger partial charge on any atom is 0.234 e. The van der Waals surface area contributed by atoms with Gasteiger partial charge in [0.05, 0.1) is 32.4 Å². The van der Waals surface area contributed by atoms with Crippen LogP contribution in [0.2, 0.25) is 0 Å². The van der Waals surface area contributed by atoms with Crippen LogP contribution in [0.25, 0.3) is 0 Å². The van der Waals surface area contributed by atoms with Crippen LogP contribution < -0.4 is 15.8 Å². The van der Waals surface area contributed by atoms with Gasteiger partial charge in [-0.15, -0.1) is 5.10 Å². The van der Waals surface area contributed by atoms with Gasteiger partial charge in [-0.05, 0) is 13.0 Å². The number of hydrogen-bond donors (Lipinski definition) is 2. The molecule has 0 radical (unpaired) electrons. The molecule has 0 spiro atoms. The van der Waals surface area contributed by atoms with Crippen molar-refractivity contribution in [3.05, 3.63) is 41.7 Å². The number of carbonyl (C=O) groups excluding carboxylic acids is 1. The number of ether oxygens (including phenoxy) is 1. The van der Waals surface area contributed by atoms with E-state index in [0.29, 0.717) is 25.4 Å². The van der Waals surface area contributed by atoms with Crippen molar-refractivity contribution < 1.29 is 9.53 Å². The van der Waals surface area contributed by atoms with Crippen LogP contribution in [-0.4, -0.2) is 34.1 Å². The Kier molecular flexibility index (Phi) is 5.28. The molecule has 1 aromatic carbocycles. The molecule has 0 aliphatic rings. The number of nitrogens with zero attached hydrogens (tertiary/aromatic N) is 3. The van der Waals surface area contributed by atoms with Crippen molar-refractivity contribution in [2.24, 2.45) is 5.73 Å². The maximum absolute atomic E-state index is 11.1. The lowest BCUT2D eigenvalue weighted by atomic mass is 10.2. The zero-order chi connectivity index (χ0) is 15.1. The van der Waals surface area contributed by atoms with Crippen LogP contribution in [0.15, 0.2) is 30.5 Å². The highest BCUT2D eigenvalue weighted by atomic mass is 16.5. The van der Waals surface area contributed by atoms with E-state index in [-0.39, 0.29) is 12.5 Å². The molecule has 0 atom stereocenters. The van der Waals surface area contributed by atoms with Gasteiger partial charge < -0.3 is 15.8 Å². The van der Waals surface area contributed by atoms with Crippen LogP contribution in [0.3, 0.4) is 0 Å². The average Bonchev–Trinajstić information content (AvgIpc) is 2.94. The van der Waals surface area contributed by atoms with Gasteiger partial charge in [-0.2, -0.15) is 0 Å². The van der Waals surface area contributed by atoms with E-state index in [9.17, 15) is 4.79 Å². The van der Waals surface area contributed by atoms with E-state index in [1.807, 2.05) is 31.2 Å². The number of aromatic nitrogens is 3. The fourth-order valence-corrected chi connectivity index (χ4v) is 1.86. The number of rotatable bonds is 7. The van der Waals surface area contributed by atoms with E-state index in [0.717, 1.165) is 11.3 Å². The summed E-state index contributed by atoms with van der Waals surface area (Å²) in [6.07, 6.45) is 1.79. The highest BCUT2D eigenvalue weighted by molar-refractivity contribution is 5.77. The minimum absolute atomic E-state index is 0.0319. The van der Waals surface area contributed by atoms with Crippen molar-refractivity contribution in [2.75, 3.05) is 13.2 Å². The monoisotopic (exact) mass is 289 g/mol. The van der Waals surface area contributed by atoms with E-state index < -0.39 is 0 Å². The van der Waals surface area contributed by atoms with Gasteiger partial charge in [0.1, 0.15) is 11.4 Å². The third-order valence-electron chi connectivity index (χ3n) is 2.84. The lowest BCUT2D eigenvalue weighted by Gasteiger charge is -2.09. The van der Waals surface area contributed by atoms with Gasteiger partial charge in [0.15, 0.2) is 0 Å². The van der Waals surface area contributed by atoms with Gasteiger partial charge in [-0.1, -0.05) is 23.4 Å². The molecule has 1 amide bonds. The number of para-hydroxylation sites is 1. The summed E-state index contributed by atoms with van der Waals surface area (Å²) < 4.78 is 7.29. The largest absolute Gasteiger partial charge is 0.494 e. The zero-order valence-corrected chi connectivity index (χ0v) is 12.0. The molecule has 7 heteroatoms. The molecule has 0 saturated carbocycles. The van der Waals surface area contributed by atoms with Gasteiger partial charge >= 0.3 is 0 Å². The number of nitrogens with two attached hydrogens (primary N) is 1. The lowest BCUT2D eigenvalue weighted by Crippen LogP contribution is -2.29. The molecular weight excluding hydrogens is 270 g/mol. The first kappa shape index (κ1) is 15.0. The Balaban J connectivity index is 2.00. The molecule has 112 valence electrons. The second-order valence-electron chi connectivity index (χ2n) is 4.43. The van der Waals surface area contributed by atoms with E-state index >= 15 is 0 Å². The molecule has 21 heavy (non-hydrogen) atoms. The minimum Gasteiger partial charge on any atom is -0.494 e. The van der Waals surface area contributed by atoms with Crippen molar-refractivity contribution in [3.63, 3.8) is 0 Å². The summed E-state index contributed by atoms with van der Waals surface area (Å²) >= 11 is 0. The first-order valence-electron chi connectivity index (χ1n) is 6.79. The average molecular weight is 289 g/mol. The predicted molar refractivity (Wildman–Crippen MR) is 77.6 cm³/mol. The number of nitrogens with one attached hydrogen (secondary N) is 1. The summed E-state index contributed by atoms with van der Waals surface area (Å²) in [6, 6.07) is 7.81. The van der Waals surface area contributed by atoms with E-state index in [4.69, 9.17) is 10.5 Å². The van der Waals surface area contributed by atoms with Crippen LogP contribution in [0.1, 0.15) is 18.2 Å². The standard InChI is InChI=1S/C14H19N5O2/c1-2-21-13-6-4-3-5-11(13)9-19-10-12(17-18-19)8-16-14(20)7-15/h3-6,10H,2,7-9,15H2,1H3,(H,16,20). The van der Waals surface area contributed by atoms with Gasteiger partial charge in [-0.25, -0.2) is 4.68 Å². The molecule has 0 fully saturated rings. The molecule has 0 aliphatic carbocycles. The quantitative estimate of drug-likeness (QED) is 0.764. The Morgan fingerprint density at radius 1 is 1.43 bits per heavy atom. The number of hydrogen-bond acceptors (Lipinski definition) is 5. The fourth-order valence-electron chi connectivity index (χ4n) is 1.86. The van der Waals surface area contributed by atoms with Crippen LogP contribution in [0.5, 0.6) is 5.75 Å². The highest BCUT2D eigenvalue weighted by Gasteiger charge is 2.06. The van der Waals surface area contributed by atoms with E-state index in [2.05, 4.69) is 15.6 Å². The minimum atomic E-state index is -0.216. The van der Waals surface area contributed by atoms with Crippen molar-refractivity contribution in [3.8, 4) is 5.75 Å². The van der Waals surface area contributed by atoms with Crippen LogP contribution in [-0.2, 0) is 17.9 Å². The number of amides is 1. The first-order valence-corrected chi connectivity index (χ1v) is 6.79. The third-order valence-corrected chi connectivity index (χ3v) is 2.84. The Morgan fingerprint density at radius 3 is 3.00 bits per heavy atom. The molecule has 0 saturated heterocycles. The summed E-state index contributed by atoms with van der Waals surface area (Å²) in [7, 11) is 0. The SMILES string of the molecule is CCOc1ccccc1Cn1cc(CNC(=O)CN)nn1. The van der Waals surface area contributed by atoms with Gasteiger partial charge in [0, 0.05) is 5.56 Å². The fraction of sp³-hybridized carbons (Fsp3) is 0.357. The molecule has 1 aromatic heterocycles. The van der Waals surface area contributed by atoms with Crippen molar-refractivity contribution >= 4 is 5.91 Å². The Morgan fingerprint density at radius 2 is 2.24 bits per heavy atom. The van der Waals surface area contributed by atoms with E-state index in [1.54, 1.807) is 10.9 Å². The summed E-state index contributed by atoms with van der Waals surface area (Å²) in [5.41, 5.74) is 6.94. The zero-order valence-electron chi connectivity index (χ0n) is 12.0. The van der Waals surface area contributed by atoms with Crippen LogP contribution in [0, 0.1) is 0 Å². The second kappa shape index (κ2) is 7.39. The molecule has 7 nitrogen and oxygen atoms in total. The Hall–Kier alpha value is -2.41. The molecule has 1 heterocycles. The van der Waals surface area contributed by atoms with Crippen LogP contribution >= 0.6 is 0 Å². The normalized spacial score (nSPS) is 10.4. The summed E-state index contributed by atoms with van der Waals surface area (Å²) in [5, 5.41) is 10.7. The Labute approximate surface area is 123 Å². The van der Waals surface area contributed by atoms with Crippen molar-refractivity contribution in [1.29, 1.82) is 0 Å². The lowest BCUT2D eigenvalue weighted by molar-refractivity contribution is -0.119. The summed E-state index contributed by atoms with van der Waals surface area (Å²) in [5.74, 6) is 0.625. The predicted octanol–water partition coefficient (Wildman–Crippen LogP) is 0.300. The topological polar surface area (TPSA) is 95.1 Å². The maximum atomic E-state index is 11.1. The summed E-state index contributed by atoms with van der Waals surface area (Å²) in [4.78, 5) is 11.1. The highest BCUT2D eigenvalue weighted by Crippen LogP contribution is 2.18. The Bertz CT molecular complexity index is 597. The van der Waals surface area contributed by atoms with Crippen molar-refractivity contribution in [2.45, 2.75) is 20.0 Å². The van der Waals surface area contributed by atoms with E-state index in [1.165, 1.54) is 0 Å². The summed E-state index contributed by atoms with van der Waals surface area (Å²) in [6.45, 7) is 3.42. The molecule has 3 N–H and O–H groups in total.